The maximum atomic E-state index is 10.4. The molecule has 0 heterocycles. The second kappa shape index (κ2) is 5.11. The largest absolute Gasteiger partial charge is 0.477 e. The average molecular weight is 175 g/mol. The highest BCUT2D eigenvalue weighted by Crippen LogP contribution is 1.97. The van der Waals surface area contributed by atoms with Crippen LogP contribution in [0, 0.1) is 0 Å². The Balaban J connectivity index is 3.63. The summed E-state index contributed by atoms with van der Waals surface area (Å²) in [5.41, 5.74) is 0. The third-order valence-corrected chi connectivity index (χ3v) is 1.75. The van der Waals surface area contributed by atoms with Crippen LogP contribution in [-0.2, 0) is 4.79 Å². The molecule has 0 saturated heterocycles. The fourth-order valence-corrected chi connectivity index (χ4v) is 1.13. The van der Waals surface area contributed by atoms with Gasteiger partial charge in [-0.25, -0.2) is 4.79 Å². The fourth-order valence-electron chi connectivity index (χ4n) is 1.13. The minimum atomic E-state index is -0.732. The molecule has 4 heteroatoms. The van der Waals surface area contributed by atoms with Crippen LogP contribution < -0.4 is 5.32 Å². The van der Waals surface area contributed by atoms with Gasteiger partial charge in [0.05, 0.1) is 20.6 Å². The minimum Gasteiger partial charge on any atom is -0.477 e. The van der Waals surface area contributed by atoms with Crippen molar-refractivity contribution < 1.29 is 14.4 Å². The van der Waals surface area contributed by atoms with Crippen LogP contribution in [0.5, 0.6) is 0 Å². The van der Waals surface area contributed by atoms with Gasteiger partial charge < -0.3 is 14.9 Å². The van der Waals surface area contributed by atoms with Crippen LogP contribution in [0.15, 0.2) is 0 Å². The zero-order chi connectivity index (χ0) is 9.61. The van der Waals surface area contributed by atoms with E-state index >= 15 is 0 Å². The van der Waals surface area contributed by atoms with Crippen molar-refractivity contribution in [2.24, 2.45) is 0 Å². The summed E-state index contributed by atoms with van der Waals surface area (Å²) in [6.07, 6.45) is 1.01. The van der Waals surface area contributed by atoms with E-state index in [1.165, 1.54) is 0 Å². The summed E-state index contributed by atoms with van der Waals surface area (Å²) in [4.78, 5) is 10.4. The summed E-state index contributed by atoms with van der Waals surface area (Å²) in [5.74, 6) is -0.732. The highest BCUT2D eigenvalue weighted by Gasteiger charge is 2.18. The first-order valence-electron chi connectivity index (χ1n) is 4.16. The number of carboxylic acids is 1. The molecule has 0 saturated carbocycles. The Morgan fingerprint density at radius 3 is 2.50 bits per heavy atom. The zero-order valence-electron chi connectivity index (χ0n) is 8.13. The second-order valence-electron chi connectivity index (χ2n) is 3.67. The molecule has 0 radical (unpaired) electrons. The topological polar surface area (TPSA) is 49.3 Å². The number of hydrogen-bond donors (Lipinski definition) is 2. The number of rotatable bonds is 6. The lowest BCUT2D eigenvalue weighted by atomic mass is 10.3. The van der Waals surface area contributed by atoms with Gasteiger partial charge in [0.25, 0.3) is 0 Å². The van der Waals surface area contributed by atoms with E-state index in [9.17, 15) is 4.79 Å². The number of carboxylic acid groups (broad SMARTS) is 1. The van der Waals surface area contributed by atoms with Crippen LogP contribution in [-0.4, -0.2) is 56.3 Å². The van der Waals surface area contributed by atoms with Gasteiger partial charge in [-0.15, -0.1) is 0 Å². The molecule has 0 aliphatic rings. The highest BCUT2D eigenvalue weighted by molar-refractivity contribution is 5.67. The summed E-state index contributed by atoms with van der Waals surface area (Å²) in [5, 5.41) is 11.6. The van der Waals surface area contributed by atoms with Crippen molar-refractivity contribution in [1.82, 2.24) is 5.32 Å². The first kappa shape index (κ1) is 11.4. The van der Waals surface area contributed by atoms with Crippen molar-refractivity contribution in [3.8, 4) is 0 Å². The number of nitrogens with one attached hydrogen (secondary N) is 1. The number of aliphatic carboxylic acids is 1. The summed E-state index contributed by atoms with van der Waals surface area (Å²) in [6, 6.07) is 0. The van der Waals surface area contributed by atoms with E-state index in [0.29, 0.717) is 4.48 Å². The normalized spacial score (nSPS) is 11.6. The van der Waals surface area contributed by atoms with Gasteiger partial charge in [0.1, 0.15) is 0 Å². The monoisotopic (exact) mass is 175 g/mol. The smallest absolute Gasteiger partial charge is 0.359 e. The lowest BCUT2D eigenvalue weighted by Crippen LogP contribution is -2.45. The molecule has 0 rings (SSSR count). The van der Waals surface area contributed by atoms with E-state index in [0.717, 1.165) is 19.5 Å². The van der Waals surface area contributed by atoms with Gasteiger partial charge >= 0.3 is 5.97 Å². The predicted molar refractivity (Wildman–Crippen MR) is 48.0 cm³/mol. The number of quaternary nitrogens is 1. The predicted octanol–water partition coefficient (Wildman–Crippen LogP) is -0.243. The van der Waals surface area contributed by atoms with Crippen LogP contribution in [0.2, 0.25) is 0 Å². The summed E-state index contributed by atoms with van der Waals surface area (Å²) in [7, 11) is 5.77. The van der Waals surface area contributed by atoms with Crippen molar-refractivity contribution in [2.45, 2.75) is 6.42 Å². The number of hydrogen-bond acceptors (Lipinski definition) is 2. The van der Waals surface area contributed by atoms with Gasteiger partial charge in [-0.2, -0.15) is 0 Å². The maximum absolute atomic E-state index is 10.4. The fraction of sp³-hybridized carbons (Fsp3) is 0.875. The molecule has 0 bridgehead atoms. The molecular weight excluding hydrogens is 156 g/mol. The third kappa shape index (κ3) is 6.12. The quantitative estimate of drug-likeness (QED) is 0.432. The number of nitrogens with zero attached hydrogens (tertiary/aromatic N) is 1. The maximum Gasteiger partial charge on any atom is 0.359 e. The number of carbonyl (C=O) groups is 1. The molecule has 0 amide bonds. The molecular formula is C8H19N2O2+. The van der Waals surface area contributed by atoms with Crippen molar-refractivity contribution in [1.29, 1.82) is 0 Å². The zero-order valence-corrected chi connectivity index (χ0v) is 8.13. The average Bonchev–Trinajstić information content (AvgIpc) is 1.84. The van der Waals surface area contributed by atoms with E-state index in [1.807, 2.05) is 21.1 Å². The van der Waals surface area contributed by atoms with Crippen LogP contribution in [0.25, 0.3) is 0 Å². The van der Waals surface area contributed by atoms with Crippen LogP contribution in [0.1, 0.15) is 6.42 Å². The van der Waals surface area contributed by atoms with Crippen LogP contribution in [0.4, 0.5) is 0 Å². The summed E-state index contributed by atoms with van der Waals surface area (Å²) in [6.45, 7) is 2.04. The number of likely N-dealkylation sites (N-methyl/N-ethyl adjacent to an activating group) is 1. The lowest BCUT2D eigenvalue weighted by molar-refractivity contribution is -0.883. The molecule has 72 valence electrons. The van der Waals surface area contributed by atoms with E-state index < -0.39 is 5.97 Å². The Kier molecular flexibility index (Phi) is 4.85. The standard InChI is InChI=1S/C8H18N2O2/c1-9-5-4-6-10(2,3)7-8(11)12/h9H,4-7H2,1-3H3/p+1. The molecule has 0 fully saturated rings. The second-order valence-corrected chi connectivity index (χ2v) is 3.67. The van der Waals surface area contributed by atoms with Crippen molar-refractivity contribution >= 4 is 5.97 Å². The van der Waals surface area contributed by atoms with Gasteiger partial charge in [0.15, 0.2) is 6.54 Å². The molecule has 12 heavy (non-hydrogen) atoms. The molecule has 0 aromatic rings. The molecule has 0 aliphatic heterocycles. The Labute approximate surface area is 73.8 Å². The van der Waals surface area contributed by atoms with E-state index in [-0.39, 0.29) is 6.54 Å². The first-order chi connectivity index (χ1) is 5.48. The molecule has 0 aromatic carbocycles. The molecule has 2 N–H and O–H groups in total. The lowest BCUT2D eigenvalue weighted by Gasteiger charge is -2.27. The van der Waals surface area contributed by atoms with Gasteiger partial charge in [0, 0.05) is 13.0 Å². The molecule has 0 aliphatic carbocycles. The van der Waals surface area contributed by atoms with Gasteiger partial charge in [0.2, 0.25) is 0 Å². The molecule has 0 atom stereocenters. The molecule has 0 unspecified atom stereocenters. The van der Waals surface area contributed by atoms with Crippen LogP contribution in [0.3, 0.4) is 0 Å². The molecule has 0 spiro atoms. The molecule has 0 aromatic heterocycles. The van der Waals surface area contributed by atoms with Gasteiger partial charge in [-0.05, 0) is 7.05 Å². The minimum absolute atomic E-state index is 0.198. The Hall–Kier alpha value is -0.610. The Morgan fingerprint density at radius 2 is 2.08 bits per heavy atom. The van der Waals surface area contributed by atoms with Crippen molar-refractivity contribution in [3.05, 3.63) is 0 Å². The summed E-state index contributed by atoms with van der Waals surface area (Å²) < 4.78 is 0.553. The first-order valence-corrected chi connectivity index (χ1v) is 4.16. The van der Waals surface area contributed by atoms with E-state index in [1.54, 1.807) is 0 Å². The highest BCUT2D eigenvalue weighted by atomic mass is 16.4. The molecule has 4 nitrogen and oxygen atoms in total. The van der Waals surface area contributed by atoms with Crippen LogP contribution >= 0.6 is 0 Å². The van der Waals surface area contributed by atoms with Crippen molar-refractivity contribution in [3.63, 3.8) is 0 Å². The van der Waals surface area contributed by atoms with E-state index in [4.69, 9.17) is 5.11 Å². The van der Waals surface area contributed by atoms with Gasteiger partial charge in [-0.3, -0.25) is 0 Å². The third-order valence-electron chi connectivity index (χ3n) is 1.75. The van der Waals surface area contributed by atoms with E-state index in [2.05, 4.69) is 5.32 Å². The Bertz CT molecular complexity index is 146. The Morgan fingerprint density at radius 1 is 1.50 bits per heavy atom. The summed E-state index contributed by atoms with van der Waals surface area (Å²) >= 11 is 0. The SMILES string of the molecule is CNCCC[N+](C)(C)CC(=O)O. The van der Waals surface area contributed by atoms with Crippen molar-refractivity contribution in [2.75, 3.05) is 40.8 Å². The van der Waals surface area contributed by atoms with Gasteiger partial charge in [-0.1, -0.05) is 0 Å².